The Morgan fingerprint density at radius 2 is 1.74 bits per heavy atom. The van der Waals surface area contributed by atoms with Gasteiger partial charge in [0, 0.05) is 24.0 Å². The number of amides is 1. The lowest BCUT2D eigenvalue weighted by molar-refractivity contribution is 0.145. The molecule has 5 rings (SSSR count). The molecule has 0 aliphatic carbocycles. The second-order valence-electron chi connectivity index (χ2n) is 7.50. The number of H-pyrrole nitrogens is 1. The van der Waals surface area contributed by atoms with Gasteiger partial charge in [-0.2, -0.15) is 5.10 Å². The highest BCUT2D eigenvalue weighted by Gasteiger charge is 2.23. The monoisotopic (exact) mass is 413 g/mol. The Kier molecular flexibility index (Phi) is 4.63. The van der Waals surface area contributed by atoms with Crippen LogP contribution in [-0.2, 0) is 19.7 Å². The van der Waals surface area contributed by atoms with Gasteiger partial charge in [-0.3, -0.25) is 9.69 Å². The molecule has 4 aromatic rings. The van der Waals surface area contributed by atoms with Gasteiger partial charge in [-0.1, -0.05) is 48.5 Å². The summed E-state index contributed by atoms with van der Waals surface area (Å²) in [4.78, 5) is 24.5. The smallest absolute Gasteiger partial charge is 0.407 e. The van der Waals surface area contributed by atoms with Crippen molar-refractivity contribution in [3.8, 4) is 17.0 Å². The van der Waals surface area contributed by atoms with Crippen LogP contribution in [-0.4, -0.2) is 26.3 Å². The molecule has 0 radical (unpaired) electrons. The van der Waals surface area contributed by atoms with Crippen molar-refractivity contribution in [3.05, 3.63) is 93.8 Å². The Labute approximate surface area is 177 Å². The van der Waals surface area contributed by atoms with E-state index < -0.39 is 6.09 Å². The standard InChI is InChI=1S/C24H19N3O4/c28-23-21-4-2-1-3-20(21)22(25-26-23)16-7-5-15(6-8-16)14-31-19-10-9-17-12-27(24(29)30)13-18(17)11-19/h1-11H,12-14H2,(H,26,28)(H,29,30). The molecule has 1 amide bonds. The van der Waals surface area contributed by atoms with Crippen LogP contribution in [0.15, 0.2) is 71.5 Å². The van der Waals surface area contributed by atoms with Crippen LogP contribution >= 0.6 is 0 Å². The van der Waals surface area contributed by atoms with Crippen LogP contribution < -0.4 is 10.3 Å². The van der Waals surface area contributed by atoms with E-state index in [0.717, 1.165) is 33.3 Å². The summed E-state index contributed by atoms with van der Waals surface area (Å²) in [6.07, 6.45) is -0.913. The van der Waals surface area contributed by atoms with Gasteiger partial charge in [0.25, 0.3) is 5.56 Å². The molecule has 0 saturated carbocycles. The maximum Gasteiger partial charge on any atom is 0.407 e. The number of aromatic nitrogens is 2. The lowest BCUT2D eigenvalue weighted by Crippen LogP contribution is -2.22. The molecule has 0 fully saturated rings. The summed E-state index contributed by atoms with van der Waals surface area (Å²) >= 11 is 0. The van der Waals surface area contributed by atoms with Crippen LogP contribution in [0.2, 0.25) is 0 Å². The largest absolute Gasteiger partial charge is 0.489 e. The zero-order valence-electron chi connectivity index (χ0n) is 16.5. The zero-order valence-corrected chi connectivity index (χ0v) is 16.5. The highest BCUT2D eigenvalue weighted by Crippen LogP contribution is 2.28. The molecular formula is C24H19N3O4. The minimum atomic E-state index is -0.913. The minimum Gasteiger partial charge on any atom is -0.489 e. The number of aromatic amines is 1. The molecule has 0 spiro atoms. The number of carbonyl (C=O) groups is 1. The van der Waals surface area contributed by atoms with Crippen LogP contribution in [0.4, 0.5) is 4.79 Å². The first-order chi connectivity index (χ1) is 15.1. The average molecular weight is 413 g/mol. The first kappa shape index (κ1) is 18.9. The van der Waals surface area contributed by atoms with Crippen molar-refractivity contribution >= 4 is 16.9 Å². The number of nitrogens with one attached hydrogen (secondary N) is 1. The highest BCUT2D eigenvalue weighted by molar-refractivity contribution is 5.93. The van der Waals surface area contributed by atoms with Crippen molar-refractivity contribution in [2.24, 2.45) is 0 Å². The van der Waals surface area contributed by atoms with E-state index in [1.54, 1.807) is 6.07 Å². The number of nitrogens with zero attached hydrogens (tertiary/aromatic N) is 2. The summed E-state index contributed by atoms with van der Waals surface area (Å²) in [6.45, 7) is 1.19. The molecule has 2 N–H and O–H groups in total. The number of ether oxygens (including phenoxy) is 1. The Balaban J connectivity index is 1.31. The lowest BCUT2D eigenvalue weighted by Gasteiger charge is -2.09. The average Bonchev–Trinajstić information content (AvgIpc) is 3.23. The molecule has 1 aromatic heterocycles. The van der Waals surface area contributed by atoms with Crippen molar-refractivity contribution in [2.75, 3.05) is 0 Å². The molecule has 3 aromatic carbocycles. The fourth-order valence-electron chi connectivity index (χ4n) is 3.86. The molecule has 0 saturated heterocycles. The zero-order chi connectivity index (χ0) is 21.4. The maximum absolute atomic E-state index is 12.0. The second kappa shape index (κ2) is 7.60. The summed E-state index contributed by atoms with van der Waals surface area (Å²) in [5, 5.41) is 17.4. The van der Waals surface area contributed by atoms with Gasteiger partial charge in [-0.05, 0) is 34.9 Å². The minimum absolute atomic E-state index is 0.204. The van der Waals surface area contributed by atoms with Crippen molar-refractivity contribution < 1.29 is 14.6 Å². The third-order valence-corrected chi connectivity index (χ3v) is 5.50. The first-order valence-corrected chi connectivity index (χ1v) is 9.88. The van der Waals surface area contributed by atoms with Crippen molar-refractivity contribution in [1.29, 1.82) is 0 Å². The van der Waals surface area contributed by atoms with Crippen LogP contribution in [0.25, 0.3) is 22.0 Å². The van der Waals surface area contributed by atoms with E-state index in [-0.39, 0.29) is 5.56 Å². The predicted octanol–water partition coefficient (Wildman–Crippen LogP) is 4.16. The van der Waals surface area contributed by atoms with Gasteiger partial charge >= 0.3 is 6.09 Å². The van der Waals surface area contributed by atoms with E-state index in [9.17, 15) is 9.59 Å². The molecule has 0 bridgehead atoms. The Hall–Kier alpha value is -4.13. The van der Waals surface area contributed by atoms with Gasteiger partial charge in [-0.15, -0.1) is 0 Å². The number of carboxylic acid groups (broad SMARTS) is 1. The van der Waals surface area contributed by atoms with E-state index in [4.69, 9.17) is 9.84 Å². The summed E-state index contributed by atoms with van der Waals surface area (Å²) in [6, 6.07) is 20.9. The van der Waals surface area contributed by atoms with Gasteiger partial charge in [0.05, 0.1) is 11.1 Å². The van der Waals surface area contributed by atoms with Gasteiger partial charge in [0.2, 0.25) is 0 Å². The normalized spacial score (nSPS) is 12.7. The Bertz CT molecular complexity index is 1350. The lowest BCUT2D eigenvalue weighted by atomic mass is 10.0. The van der Waals surface area contributed by atoms with E-state index in [2.05, 4.69) is 10.2 Å². The molecule has 0 atom stereocenters. The van der Waals surface area contributed by atoms with Crippen LogP contribution in [0.5, 0.6) is 5.75 Å². The van der Waals surface area contributed by atoms with Crippen LogP contribution in [0, 0.1) is 0 Å². The summed E-state index contributed by atoms with van der Waals surface area (Å²) in [5.74, 6) is 0.711. The SMILES string of the molecule is O=C(O)N1Cc2ccc(OCc3ccc(-c4n[nH]c(=O)c5ccccc45)cc3)cc2C1. The number of hydrogen-bond donors (Lipinski definition) is 2. The van der Waals surface area contributed by atoms with E-state index in [0.29, 0.717) is 30.8 Å². The number of rotatable bonds is 4. The molecule has 1 aliphatic heterocycles. The molecular weight excluding hydrogens is 394 g/mol. The molecule has 31 heavy (non-hydrogen) atoms. The Morgan fingerprint density at radius 1 is 1.00 bits per heavy atom. The Morgan fingerprint density at radius 3 is 2.52 bits per heavy atom. The van der Waals surface area contributed by atoms with Crippen LogP contribution in [0.3, 0.4) is 0 Å². The summed E-state index contributed by atoms with van der Waals surface area (Å²) in [5.41, 5.74) is 4.41. The van der Waals surface area contributed by atoms with Crippen molar-refractivity contribution in [1.82, 2.24) is 15.1 Å². The van der Waals surface area contributed by atoms with Gasteiger partial charge in [-0.25, -0.2) is 9.89 Å². The maximum atomic E-state index is 12.0. The van der Waals surface area contributed by atoms with Gasteiger partial charge in [0.15, 0.2) is 0 Å². The van der Waals surface area contributed by atoms with Crippen molar-refractivity contribution in [2.45, 2.75) is 19.7 Å². The van der Waals surface area contributed by atoms with E-state index in [1.165, 1.54) is 4.90 Å². The van der Waals surface area contributed by atoms with E-state index >= 15 is 0 Å². The fraction of sp³-hybridized carbons (Fsp3) is 0.125. The number of benzene rings is 3. The molecule has 0 unspecified atom stereocenters. The third-order valence-electron chi connectivity index (χ3n) is 5.50. The summed E-state index contributed by atoms with van der Waals surface area (Å²) < 4.78 is 5.92. The molecule has 7 heteroatoms. The molecule has 7 nitrogen and oxygen atoms in total. The molecule has 2 heterocycles. The van der Waals surface area contributed by atoms with Crippen molar-refractivity contribution in [3.63, 3.8) is 0 Å². The fourth-order valence-corrected chi connectivity index (χ4v) is 3.86. The number of hydrogen-bond acceptors (Lipinski definition) is 4. The molecule has 1 aliphatic rings. The quantitative estimate of drug-likeness (QED) is 0.524. The van der Waals surface area contributed by atoms with Gasteiger partial charge < -0.3 is 9.84 Å². The third kappa shape index (κ3) is 3.61. The number of fused-ring (bicyclic) bond motifs is 2. The predicted molar refractivity (Wildman–Crippen MR) is 116 cm³/mol. The summed E-state index contributed by atoms with van der Waals surface area (Å²) in [7, 11) is 0. The highest BCUT2D eigenvalue weighted by atomic mass is 16.5. The van der Waals surface area contributed by atoms with E-state index in [1.807, 2.05) is 60.7 Å². The second-order valence-corrected chi connectivity index (χ2v) is 7.50. The van der Waals surface area contributed by atoms with Crippen LogP contribution in [0.1, 0.15) is 16.7 Å². The van der Waals surface area contributed by atoms with Gasteiger partial charge in [0.1, 0.15) is 12.4 Å². The molecule has 154 valence electrons. The topological polar surface area (TPSA) is 95.5 Å². The first-order valence-electron chi connectivity index (χ1n) is 9.88.